The third-order valence-electron chi connectivity index (χ3n) is 5.21. The summed E-state index contributed by atoms with van der Waals surface area (Å²) in [6.07, 6.45) is 1.73. The van der Waals surface area contributed by atoms with E-state index in [2.05, 4.69) is 32.4 Å². The molecule has 4 aromatic rings. The number of hydrogen-bond acceptors (Lipinski definition) is 7. The molecule has 2 amide bonds. The predicted molar refractivity (Wildman–Crippen MR) is 144 cm³/mol. The van der Waals surface area contributed by atoms with Crippen LogP contribution in [0.25, 0.3) is 11.3 Å². The summed E-state index contributed by atoms with van der Waals surface area (Å²) in [5, 5.41) is 15.3. The number of aromatic nitrogens is 4. The summed E-state index contributed by atoms with van der Waals surface area (Å²) in [5.41, 5.74) is 3.48. The first-order valence-corrected chi connectivity index (χ1v) is 13.1. The van der Waals surface area contributed by atoms with Crippen molar-refractivity contribution in [2.24, 2.45) is 0 Å². The molecular weight excluding hydrogens is 492 g/mol. The molecule has 0 unspecified atom stereocenters. The fraction of sp³-hybridized carbons (Fsp3) is 0.192. The van der Waals surface area contributed by atoms with Gasteiger partial charge in [0.25, 0.3) is 5.91 Å². The number of benzene rings is 2. The second-order valence-corrected chi connectivity index (χ2v) is 10.1. The summed E-state index contributed by atoms with van der Waals surface area (Å²) in [5.74, 6) is 0.358. The fourth-order valence-corrected chi connectivity index (χ4v) is 5.13. The van der Waals surface area contributed by atoms with Gasteiger partial charge in [-0.05, 0) is 26.0 Å². The molecule has 8 nitrogen and oxygen atoms in total. The lowest BCUT2D eigenvalue weighted by Crippen LogP contribution is -2.25. The third-order valence-corrected chi connectivity index (χ3v) is 7.07. The van der Waals surface area contributed by atoms with E-state index < -0.39 is 0 Å². The van der Waals surface area contributed by atoms with Crippen molar-refractivity contribution in [2.75, 3.05) is 11.1 Å². The van der Waals surface area contributed by atoms with Crippen LogP contribution in [0, 0.1) is 13.8 Å². The minimum Gasteiger partial charge on any atom is -0.345 e. The van der Waals surface area contributed by atoms with E-state index in [0.29, 0.717) is 28.2 Å². The van der Waals surface area contributed by atoms with Crippen LogP contribution in [0.15, 0.2) is 72.4 Å². The van der Waals surface area contributed by atoms with E-state index in [-0.39, 0.29) is 24.1 Å². The Hall–Kier alpha value is -3.76. The van der Waals surface area contributed by atoms with E-state index in [1.54, 1.807) is 12.1 Å². The van der Waals surface area contributed by atoms with Crippen molar-refractivity contribution in [1.29, 1.82) is 0 Å². The Balaban J connectivity index is 1.36. The number of anilines is 1. The fourth-order valence-electron chi connectivity index (χ4n) is 3.52. The standard InChI is InChI=1S/C26H26N6O2S2/c1-4-13-32-21(15-27-24(34)20-12-8-9-17(2)14-20)30-31-26(32)35-16-22(33)28-25-29-23(18(3)36-25)19-10-6-5-7-11-19/h4-12,14H,1,13,15-16H2,2-3H3,(H,27,34)(H,28,29,33). The maximum absolute atomic E-state index is 12.6. The van der Waals surface area contributed by atoms with Crippen molar-refractivity contribution in [2.45, 2.75) is 32.1 Å². The first-order chi connectivity index (χ1) is 17.4. The molecule has 4 rings (SSSR count). The first kappa shape index (κ1) is 25.3. The molecule has 2 N–H and O–H groups in total. The molecule has 0 spiro atoms. The highest BCUT2D eigenvalue weighted by molar-refractivity contribution is 7.99. The Morgan fingerprint density at radius 2 is 1.92 bits per heavy atom. The normalized spacial score (nSPS) is 10.7. The minimum absolute atomic E-state index is 0.143. The molecule has 10 heteroatoms. The Morgan fingerprint density at radius 3 is 2.67 bits per heavy atom. The average Bonchev–Trinajstić information content (AvgIpc) is 3.44. The minimum atomic E-state index is -0.186. The summed E-state index contributed by atoms with van der Waals surface area (Å²) in [6, 6.07) is 17.3. The first-order valence-electron chi connectivity index (χ1n) is 11.3. The number of allylic oxidation sites excluding steroid dienone is 1. The molecule has 0 aliphatic carbocycles. The van der Waals surface area contributed by atoms with Crippen LogP contribution in [0.5, 0.6) is 0 Å². The zero-order chi connectivity index (χ0) is 25.5. The lowest BCUT2D eigenvalue weighted by Gasteiger charge is -2.09. The summed E-state index contributed by atoms with van der Waals surface area (Å²) in [4.78, 5) is 30.7. The van der Waals surface area contributed by atoms with E-state index >= 15 is 0 Å². The highest BCUT2D eigenvalue weighted by Crippen LogP contribution is 2.30. The Kier molecular flexibility index (Phi) is 8.29. The SMILES string of the molecule is C=CCn1c(CNC(=O)c2cccc(C)c2)nnc1SCC(=O)Nc1nc(-c2ccccc2)c(C)s1. The molecular formula is C26H26N6O2S2. The molecule has 0 atom stereocenters. The molecule has 0 radical (unpaired) electrons. The molecule has 184 valence electrons. The van der Waals surface area contributed by atoms with E-state index in [9.17, 15) is 9.59 Å². The van der Waals surface area contributed by atoms with Gasteiger partial charge in [-0.3, -0.25) is 9.59 Å². The van der Waals surface area contributed by atoms with E-state index in [0.717, 1.165) is 21.7 Å². The van der Waals surface area contributed by atoms with Crippen LogP contribution in [0.3, 0.4) is 0 Å². The zero-order valence-electron chi connectivity index (χ0n) is 20.0. The van der Waals surface area contributed by atoms with Crippen molar-refractivity contribution in [3.05, 3.63) is 89.1 Å². The van der Waals surface area contributed by atoms with Gasteiger partial charge in [-0.2, -0.15) is 0 Å². The molecule has 0 saturated carbocycles. The lowest BCUT2D eigenvalue weighted by atomic mass is 10.1. The Labute approximate surface area is 217 Å². The van der Waals surface area contributed by atoms with Crippen molar-refractivity contribution in [1.82, 2.24) is 25.1 Å². The molecule has 0 bridgehead atoms. The summed E-state index contributed by atoms with van der Waals surface area (Å²) in [6.45, 7) is 8.39. The highest BCUT2D eigenvalue weighted by Gasteiger charge is 2.16. The van der Waals surface area contributed by atoms with Gasteiger partial charge in [-0.15, -0.1) is 28.1 Å². The number of rotatable bonds is 10. The molecule has 0 saturated heterocycles. The van der Waals surface area contributed by atoms with Crippen LogP contribution in [-0.2, 0) is 17.9 Å². The topological polar surface area (TPSA) is 102 Å². The number of nitrogens with one attached hydrogen (secondary N) is 2. The van der Waals surface area contributed by atoms with Crippen LogP contribution >= 0.6 is 23.1 Å². The second kappa shape index (κ2) is 11.8. The quantitative estimate of drug-likeness (QED) is 0.230. The van der Waals surface area contributed by atoms with Crippen LogP contribution in [0.1, 0.15) is 26.6 Å². The number of nitrogens with zero attached hydrogens (tertiary/aromatic N) is 4. The van der Waals surface area contributed by atoms with Gasteiger partial charge in [-0.1, -0.05) is 65.9 Å². The van der Waals surface area contributed by atoms with Crippen molar-refractivity contribution >= 4 is 40.0 Å². The van der Waals surface area contributed by atoms with Gasteiger partial charge in [-0.25, -0.2) is 4.98 Å². The molecule has 0 aliphatic rings. The summed E-state index contributed by atoms with van der Waals surface area (Å²) < 4.78 is 1.84. The van der Waals surface area contributed by atoms with Gasteiger partial charge >= 0.3 is 0 Å². The number of thioether (sulfide) groups is 1. The largest absolute Gasteiger partial charge is 0.345 e. The number of aryl methyl sites for hydroxylation is 2. The highest BCUT2D eigenvalue weighted by atomic mass is 32.2. The van der Waals surface area contributed by atoms with E-state index in [4.69, 9.17) is 0 Å². The molecule has 2 aromatic carbocycles. The number of hydrogen-bond donors (Lipinski definition) is 2. The van der Waals surface area contributed by atoms with E-state index in [1.165, 1.54) is 23.1 Å². The monoisotopic (exact) mass is 518 g/mol. The molecule has 0 fully saturated rings. The smallest absolute Gasteiger partial charge is 0.251 e. The maximum atomic E-state index is 12.6. The summed E-state index contributed by atoms with van der Waals surface area (Å²) in [7, 11) is 0. The van der Waals surface area contributed by atoms with Crippen molar-refractivity contribution < 1.29 is 9.59 Å². The average molecular weight is 519 g/mol. The number of amides is 2. The zero-order valence-corrected chi connectivity index (χ0v) is 21.7. The van der Waals surface area contributed by atoms with E-state index in [1.807, 2.05) is 66.9 Å². The van der Waals surface area contributed by atoms with Crippen molar-refractivity contribution in [3.8, 4) is 11.3 Å². The van der Waals surface area contributed by atoms with Crippen molar-refractivity contribution in [3.63, 3.8) is 0 Å². The Morgan fingerprint density at radius 1 is 1.11 bits per heavy atom. The number of carbonyl (C=O) groups excluding carboxylic acids is 2. The number of carbonyl (C=O) groups is 2. The predicted octanol–water partition coefficient (Wildman–Crippen LogP) is 4.87. The van der Waals surface area contributed by atoms with Crippen LogP contribution < -0.4 is 10.6 Å². The van der Waals surface area contributed by atoms with Gasteiger partial charge in [0.15, 0.2) is 16.1 Å². The molecule has 36 heavy (non-hydrogen) atoms. The van der Waals surface area contributed by atoms with Gasteiger partial charge in [0.1, 0.15) is 0 Å². The summed E-state index contributed by atoms with van der Waals surface area (Å²) >= 11 is 2.71. The lowest BCUT2D eigenvalue weighted by molar-refractivity contribution is -0.113. The van der Waals surface area contributed by atoms with Crippen LogP contribution in [-0.4, -0.2) is 37.3 Å². The van der Waals surface area contributed by atoms with Gasteiger partial charge in [0, 0.05) is 22.5 Å². The third kappa shape index (κ3) is 6.27. The van der Waals surface area contributed by atoms with Crippen LogP contribution in [0.4, 0.5) is 5.13 Å². The van der Waals surface area contributed by atoms with Gasteiger partial charge < -0.3 is 15.2 Å². The molecule has 2 aromatic heterocycles. The molecule has 2 heterocycles. The second-order valence-electron chi connectivity index (χ2n) is 7.98. The van der Waals surface area contributed by atoms with Crippen LogP contribution in [0.2, 0.25) is 0 Å². The van der Waals surface area contributed by atoms with Gasteiger partial charge in [0.05, 0.1) is 18.0 Å². The molecule has 0 aliphatic heterocycles. The maximum Gasteiger partial charge on any atom is 0.251 e. The number of thiazole rings is 1. The van der Waals surface area contributed by atoms with Gasteiger partial charge in [0.2, 0.25) is 5.91 Å². The Bertz CT molecular complexity index is 1380.